The predicted octanol–water partition coefficient (Wildman–Crippen LogP) is 6.40. The van der Waals surface area contributed by atoms with Crippen LogP contribution in [0.1, 0.15) is 40.5 Å². The Morgan fingerprint density at radius 1 is 0.750 bits per heavy atom. The second-order valence-electron chi connectivity index (χ2n) is 8.91. The lowest BCUT2D eigenvalue weighted by Gasteiger charge is -2.37. The van der Waals surface area contributed by atoms with Gasteiger partial charge < -0.3 is 14.4 Å². The van der Waals surface area contributed by atoms with Gasteiger partial charge in [0.15, 0.2) is 0 Å². The van der Waals surface area contributed by atoms with Crippen LogP contribution in [0.5, 0.6) is 5.75 Å². The van der Waals surface area contributed by atoms with Crippen molar-refractivity contribution in [1.29, 1.82) is 0 Å². The molecule has 0 spiro atoms. The first-order valence-corrected chi connectivity index (χ1v) is 12.2. The highest BCUT2D eigenvalue weighted by Crippen LogP contribution is 2.40. The van der Waals surface area contributed by atoms with Gasteiger partial charge in [-0.05, 0) is 47.2 Å². The molecule has 0 saturated carbocycles. The number of methoxy groups -OCH3 is 1. The largest absolute Gasteiger partial charge is 0.497 e. The van der Waals surface area contributed by atoms with Gasteiger partial charge in [-0.3, -0.25) is 0 Å². The van der Waals surface area contributed by atoms with Gasteiger partial charge in [-0.1, -0.05) is 103 Å². The van der Waals surface area contributed by atoms with Crippen LogP contribution in [0.4, 0.5) is 0 Å². The van der Waals surface area contributed by atoms with Crippen molar-refractivity contribution >= 4 is 0 Å². The zero-order valence-electron chi connectivity index (χ0n) is 20.4. The number of aryl methyl sites for hydroxylation is 1. The van der Waals surface area contributed by atoms with E-state index in [1.165, 1.54) is 0 Å². The third-order valence-corrected chi connectivity index (χ3v) is 6.77. The summed E-state index contributed by atoms with van der Waals surface area (Å²) >= 11 is 0. The van der Waals surface area contributed by atoms with Crippen LogP contribution in [0.25, 0.3) is 0 Å². The first-order valence-electron chi connectivity index (χ1n) is 12.2. The van der Waals surface area contributed by atoms with Gasteiger partial charge in [0.1, 0.15) is 11.3 Å². The number of hydrogen-bond acceptors (Lipinski definition) is 3. The van der Waals surface area contributed by atoms with Crippen molar-refractivity contribution in [3.05, 3.63) is 156 Å². The molecule has 0 bridgehead atoms. The summed E-state index contributed by atoms with van der Waals surface area (Å²) in [6.45, 7) is 0. The first-order chi connectivity index (χ1) is 17.7. The van der Waals surface area contributed by atoms with Crippen LogP contribution in [0.15, 0.2) is 128 Å². The summed E-state index contributed by atoms with van der Waals surface area (Å²) in [6, 6.07) is 39.2. The SMILES string of the molecule is COc1ccc(C(O)CCc2cn(C(c3ccccc3)(c3ccccc3)c3ccccc3)cn2)cc1. The Kier molecular flexibility index (Phi) is 6.96. The van der Waals surface area contributed by atoms with E-state index in [9.17, 15) is 5.11 Å². The van der Waals surface area contributed by atoms with Crippen LogP contribution in [-0.2, 0) is 12.0 Å². The van der Waals surface area contributed by atoms with Crippen molar-refractivity contribution in [1.82, 2.24) is 9.55 Å². The van der Waals surface area contributed by atoms with Crippen LogP contribution in [0, 0.1) is 0 Å². The topological polar surface area (TPSA) is 47.3 Å². The van der Waals surface area contributed by atoms with Gasteiger partial charge in [-0.25, -0.2) is 4.98 Å². The van der Waals surface area contributed by atoms with Gasteiger partial charge in [0.25, 0.3) is 0 Å². The number of imidazole rings is 1. The van der Waals surface area contributed by atoms with Crippen molar-refractivity contribution in [2.45, 2.75) is 24.5 Å². The molecule has 1 unspecified atom stereocenters. The number of aliphatic hydroxyl groups excluding tert-OH is 1. The lowest BCUT2D eigenvalue weighted by Crippen LogP contribution is -2.36. The van der Waals surface area contributed by atoms with E-state index in [0.29, 0.717) is 12.8 Å². The Hall–Kier alpha value is -4.15. The van der Waals surface area contributed by atoms with Gasteiger partial charge >= 0.3 is 0 Å². The van der Waals surface area contributed by atoms with E-state index in [4.69, 9.17) is 9.72 Å². The molecule has 1 atom stereocenters. The Morgan fingerprint density at radius 3 is 1.72 bits per heavy atom. The Morgan fingerprint density at radius 2 is 1.25 bits per heavy atom. The van der Waals surface area contributed by atoms with E-state index in [1.807, 2.05) is 48.8 Å². The molecule has 36 heavy (non-hydrogen) atoms. The maximum atomic E-state index is 10.8. The Labute approximate surface area is 212 Å². The van der Waals surface area contributed by atoms with Crippen molar-refractivity contribution in [3.8, 4) is 5.75 Å². The monoisotopic (exact) mass is 474 g/mol. The lowest BCUT2D eigenvalue weighted by atomic mass is 9.77. The molecule has 5 rings (SSSR count). The fourth-order valence-corrected chi connectivity index (χ4v) is 4.94. The van der Waals surface area contributed by atoms with Gasteiger partial charge in [-0.2, -0.15) is 0 Å². The van der Waals surface area contributed by atoms with Gasteiger partial charge in [-0.15, -0.1) is 0 Å². The number of nitrogens with zero attached hydrogens (tertiary/aromatic N) is 2. The maximum absolute atomic E-state index is 10.8. The number of aromatic nitrogens is 2. The summed E-state index contributed by atoms with van der Waals surface area (Å²) < 4.78 is 7.44. The zero-order chi connectivity index (χ0) is 24.8. The number of benzene rings is 4. The zero-order valence-corrected chi connectivity index (χ0v) is 20.4. The van der Waals surface area contributed by atoms with E-state index in [-0.39, 0.29) is 0 Å². The second kappa shape index (κ2) is 10.6. The van der Waals surface area contributed by atoms with Crippen molar-refractivity contribution < 1.29 is 9.84 Å². The number of aliphatic hydroxyl groups is 1. The molecule has 180 valence electrons. The van der Waals surface area contributed by atoms with Crippen molar-refractivity contribution in [3.63, 3.8) is 0 Å². The molecule has 0 aliphatic rings. The van der Waals surface area contributed by atoms with Gasteiger partial charge in [0.05, 0.1) is 25.2 Å². The van der Waals surface area contributed by atoms with Gasteiger partial charge in [0.2, 0.25) is 0 Å². The van der Waals surface area contributed by atoms with E-state index in [2.05, 4.69) is 83.6 Å². The maximum Gasteiger partial charge on any atom is 0.121 e. The molecular formula is C32H30N2O2. The predicted molar refractivity (Wildman–Crippen MR) is 143 cm³/mol. The summed E-state index contributed by atoms with van der Waals surface area (Å²) in [5, 5.41) is 10.8. The summed E-state index contributed by atoms with van der Waals surface area (Å²) in [6.07, 6.45) is 4.71. The highest BCUT2D eigenvalue weighted by Gasteiger charge is 2.38. The summed E-state index contributed by atoms with van der Waals surface area (Å²) in [5.74, 6) is 0.781. The minimum absolute atomic E-state index is 0.566. The first kappa shape index (κ1) is 23.6. The molecular weight excluding hydrogens is 444 g/mol. The fourth-order valence-electron chi connectivity index (χ4n) is 4.94. The summed E-state index contributed by atoms with van der Waals surface area (Å²) in [4.78, 5) is 4.78. The Balaban J connectivity index is 1.52. The number of ether oxygens (including phenoxy) is 1. The molecule has 1 heterocycles. The molecule has 1 N–H and O–H groups in total. The van der Waals surface area contributed by atoms with Crippen LogP contribution in [0.3, 0.4) is 0 Å². The number of rotatable bonds is 9. The van der Waals surface area contributed by atoms with Crippen molar-refractivity contribution in [2.24, 2.45) is 0 Å². The summed E-state index contributed by atoms with van der Waals surface area (Å²) in [7, 11) is 1.64. The molecule has 4 aromatic carbocycles. The van der Waals surface area contributed by atoms with Crippen LogP contribution in [-0.4, -0.2) is 21.8 Å². The summed E-state index contributed by atoms with van der Waals surface area (Å²) in [5.41, 5.74) is 4.71. The molecule has 0 amide bonds. The fraction of sp³-hybridized carbons (Fsp3) is 0.156. The van der Waals surface area contributed by atoms with Gasteiger partial charge in [0, 0.05) is 6.20 Å². The normalized spacial score (nSPS) is 12.3. The van der Waals surface area contributed by atoms with E-state index < -0.39 is 11.6 Å². The standard InChI is InChI=1S/C32H30N2O2/c1-36-30-20-17-25(18-21-30)31(35)22-19-29-23-34(24-33-29)32(26-11-5-2-6-12-26,27-13-7-3-8-14-27)28-15-9-4-10-16-28/h2-18,20-21,23-24,31,35H,19,22H2,1H3. The van der Waals surface area contributed by atoms with E-state index in [1.54, 1.807) is 7.11 Å². The minimum atomic E-state index is -0.580. The molecule has 0 fully saturated rings. The molecule has 0 aliphatic carbocycles. The highest BCUT2D eigenvalue weighted by atomic mass is 16.5. The van der Waals surface area contributed by atoms with Crippen LogP contribution < -0.4 is 4.74 Å². The molecule has 0 aliphatic heterocycles. The molecule has 1 aromatic heterocycles. The lowest BCUT2D eigenvalue weighted by molar-refractivity contribution is 0.167. The smallest absolute Gasteiger partial charge is 0.121 e. The molecule has 4 nitrogen and oxygen atoms in total. The Bertz CT molecular complexity index is 1270. The average molecular weight is 475 g/mol. The number of hydrogen-bond donors (Lipinski definition) is 1. The van der Waals surface area contributed by atoms with E-state index in [0.717, 1.165) is 33.7 Å². The molecule has 4 heteroatoms. The quantitative estimate of drug-likeness (QED) is 0.252. The van der Waals surface area contributed by atoms with E-state index >= 15 is 0 Å². The molecule has 0 saturated heterocycles. The molecule has 0 radical (unpaired) electrons. The van der Waals surface area contributed by atoms with Crippen LogP contribution >= 0.6 is 0 Å². The third-order valence-electron chi connectivity index (χ3n) is 6.77. The second-order valence-corrected chi connectivity index (χ2v) is 8.91. The highest BCUT2D eigenvalue weighted by molar-refractivity contribution is 5.50. The van der Waals surface area contributed by atoms with Crippen molar-refractivity contribution in [2.75, 3.05) is 7.11 Å². The third kappa shape index (κ3) is 4.56. The average Bonchev–Trinajstić information content (AvgIpc) is 3.43. The minimum Gasteiger partial charge on any atom is -0.497 e. The van der Waals surface area contributed by atoms with Crippen LogP contribution in [0.2, 0.25) is 0 Å². The molecule has 5 aromatic rings.